The van der Waals surface area contributed by atoms with E-state index in [1.165, 1.54) is 24.9 Å². The molecule has 2 saturated heterocycles. The quantitative estimate of drug-likeness (QED) is 0.583. The average Bonchev–Trinajstić information content (AvgIpc) is 2.89. The number of methoxy groups -OCH3 is 1. The van der Waals surface area contributed by atoms with Crippen molar-refractivity contribution in [1.29, 1.82) is 0 Å². The first-order valence-electron chi connectivity index (χ1n) is 12.7. The van der Waals surface area contributed by atoms with Gasteiger partial charge in [-0.1, -0.05) is 30.7 Å². The molecule has 0 radical (unpaired) electrons. The number of piperidine rings is 2. The molecule has 2 aliphatic heterocycles. The van der Waals surface area contributed by atoms with Gasteiger partial charge in [-0.15, -0.1) is 0 Å². The number of carbonyl (C=O) groups is 2. The lowest BCUT2D eigenvalue weighted by Gasteiger charge is -2.44. The van der Waals surface area contributed by atoms with Gasteiger partial charge >= 0.3 is 5.97 Å². The SMILES string of the molecule is COC(=O)[C@@H]1CCCCN1C1CCN(c2ccc(CC(=O)NCCc3cccc(F)c3)cc2)CC1. The summed E-state index contributed by atoms with van der Waals surface area (Å²) in [5, 5.41) is 2.92. The number of likely N-dealkylation sites (tertiary alicyclic amines) is 1. The third-order valence-corrected chi connectivity index (χ3v) is 7.24. The van der Waals surface area contributed by atoms with E-state index in [2.05, 4.69) is 27.2 Å². The highest BCUT2D eigenvalue weighted by Crippen LogP contribution is 2.28. The van der Waals surface area contributed by atoms with E-state index in [1.54, 1.807) is 6.07 Å². The number of nitrogens with one attached hydrogen (secondary N) is 1. The first kappa shape index (κ1) is 25.2. The summed E-state index contributed by atoms with van der Waals surface area (Å²) in [6, 6.07) is 15.0. The molecule has 2 aromatic carbocycles. The number of amides is 1. The highest BCUT2D eigenvalue weighted by molar-refractivity contribution is 5.78. The van der Waals surface area contributed by atoms with Crippen LogP contribution < -0.4 is 10.2 Å². The third kappa shape index (κ3) is 6.82. The first-order chi connectivity index (χ1) is 17.0. The van der Waals surface area contributed by atoms with Crippen LogP contribution in [0.4, 0.5) is 10.1 Å². The second-order valence-electron chi connectivity index (χ2n) is 9.56. The molecule has 1 amide bonds. The summed E-state index contributed by atoms with van der Waals surface area (Å²) >= 11 is 0. The summed E-state index contributed by atoms with van der Waals surface area (Å²) in [7, 11) is 1.48. The molecule has 188 valence electrons. The minimum absolute atomic E-state index is 0.0309. The van der Waals surface area contributed by atoms with Crippen LogP contribution >= 0.6 is 0 Å². The van der Waals surface area contributed by atoms with E-state index in [0.717, 1.165) is 62.9 Å². The van der Waals surface area contributed by atoms with E-state index >= 15 is 0 Å². The van der Waals surface area contributed by atoms with Gasteiger partial charge in [-0.2, -0.15) is 0 Å². The van der Waals surface area contributed by atoms with Gasteiger partial charge in [0.1, 0.15) is 11.9 Å². The van der Waals surface area contributed by atoms with Crippen LogP contribution in [0.25, 0.3) is 0 Å². The zero-order chi connectivity index (χ0) is 24.6. The molecule has 4 rings (SSSR count). The van der Waals surface area contributed by atoms with E-state index in [1.807, 2.05) is 18.2 Å². The Balaban J connectivity index is 1.22. The molecule has 1 atom stereocenters. The van der Waals surface area contributed by atoms with Crippen molar-refractivity contribution in [3.8, 4) is 0 Å². The zero-order valence-electron chi connectivity index (χ0n) is 20.5. The van der Waals surface area contributed by atoms with Gasteiger partial charge in [-0.05, 0) is 74.0 Å². The number of esters is 1. The Morgan fingerprint density at radius 2 is 1.77 bits per heavy atom. The lowest BCUT2D eigenvalue weighted by Crippen LogP contribution is -2.53. The van der Waals surface area contributed by atoms with Crippen LogP contribution in [0.15, 0.2) is 48.5 Å². The van der Waals surface area contributed by atoms with Crippen molar-refractivity contribution in [1.82, 2.24) is 10.2 Å². The van der Waals surface area contributed by atoms with Crippen LogP contribution in [0.2, 0.25) is 0 Å². The number of rotatable bonds is 8. The molecule has 0 aromatic heterocycles. The molecule has 1 N–H and O–H groups in total. The predicted molar refractivity (Wildman–Crippen MR) is 135 cm³/mol. The standard InChI is InChI=1S/C28H36FN3O3/c1-35-28(34)26-7-2-3-16-32(26)25-13-17-31(18-14-25)24-10-8-22(9-11-24)20-27(33)30-15-12-21-5-4-6-23(29)19-21/h4-6,8-11,19,25-26H,2-3,7,12-18,20H2,1H3,(H,30,33)/t26-/m0/s1. The summed E-state index contributed by atoms with van der Waals surface area (Å²) < 4.78 is 18.3. The molecule has 2 aliphatic rings. The molecule has 0 saturated carbocycles. The molecule has 0 aliphatic carbocycles. The van der Waals surface area contributed by atoms with Gasteiger partial charge in [0.15, 0.2) is 0 Å². The van der Waals surface area contributed by atoms with Gasteiger partial charge in [-0.3, -0.25) is 14.5 Å². The van der Waals surface area contributed by atoms with Gasteiger partial charge in [-0.25, -0.2) is 4.39 Å². The largest absolute Gasteiger partial charge is 0.468 e. The summed E-state index contributed by atoms with van der Waals surface area (Å²) in [6.07, 6.45) is 6.13. The number of halogens is 1. The van der Waals surface area contributed by atoms with Crippen LogP contribution in [0.1, 0.15) is 43.2 Å². The number of ether oxygens (including phenoxy) is 1. The van der Waals surface area contributed by atoms with Crippen LogP contribution in [-0.4, -0.2) is 62.1 Å². The van der Waals surface area contributed by atoms with Crippen molar-refractivity contribution in [3.05, 3.63) is 65.5 Å². The highest BCUT2D eigenvalue weighted by atomic mass is 19.1. The Labute approximate surface area is 207 Å². The van der Waals surface area contributed by atoms with E-state index in [9.17, 15) is 14.0 Å². The molecule has 0 spiro atoms. The summed E-state index contributed by atoms with van der Waals surface area (Å²) in [4.78, 5) is 29.3. The van der Waals surface area contributed by atoms with Crippen LogP contribution in [-0.2, 0) is 27.2 Å². The van der Waals surface area contributed by atoms with Crippen molar-refractivity contribution in [2.24, 2.45) is 0 Å². The fourth-order valence-corrected chi connectivity index (χ4v) is 5.35. The minimum Gasteiger partial charge on any atom is -0.468 e. The molecule has 2 aromatic rings. The molecule has 0 unspecified atom stereocenters. The summed E-state index contributed by atoms with van der Waals surface area (Å²) in [6.45, 7) is 3.37. The Bertz CT molecular complexity index is 989. The van der Waals surface area contributed by atoms with Gasteiger partial charge in [0, 0.05) is 31.4 Å². The van der Waals surface area contributed by atoms with Crippen LogP contribution in [0.3, 0.4) is 0 Å². The number of hydrogen-bond acceptors (Lipinski definition) is 5. The molecular weight excluding hydrogens is 445 g/mol. The number of nitrogens with zero attached hydrogens (tertiary/aromatic N) is 2. The lowest BCUT2D eigenvalue weighted by atomic mass is 9.94. The maximum atomic E-state index is 13.3. The normalized spacial score (nSPS) is 19.4. The van der Waals surface area contributed by atoms with Gasteiger partial charge in [0.25, 0.3) is 0 Å². The Morgan fingerprint density at radius 1 is 1.00 bits per heavy atom. The number of anilines is 1. The maximum Gasteiger partial charge on any atom is 0.323 e. The molecule has 35 heavy (non-hydrogen) atoms. The smallest absolute Gasteiger partial charge is 0.323 e. The van der Waals surface area contributed by atoms with E-state index in [4.69, 9.17) is 4.74 Å². The monoisotopic (exact) mass is 481 g/mol. The van der Waals surface area contributed by atoms with Gasteiger partial charge in [0.2, 0.25) is 5.91 Å². The van der Waals surface area contributed by atoms with Crippen molar-refractivity contribution in [3.63, 3.8) is 0 Å². The van der Waals surface area contributed by atoms with Crippen LogP contribution in [0, 0.1) is 5.82 Å². The second kappa shape index (κ2) is 12.2. The van der Waals surface area contributed by atoms with Crippen molar-refractivity contribution in [2.75, 3.05) is 38.2 Å². The van der Waals surface area contributed by atoms with E-state index < -0.39 is 0 Å². The summed E-state index contributed by atoms with van der Waals surface area (Å²) in [5.74, 6) is -0.382. The lowest BCUT2D eigenvalue weighted by molar-refractivity contribution is -0.149. The van der Waals surface area contributed by atoms with Crippen molar-refractivity contribution in [2.45, 2.75) is 57.0 Å². The molecule has 6 nitrogen and oxygen atoms in total. The second-order valence-corrected chi connectivity index (χ2v) is 9.56. The van der Waals surface area contributed by atoms with Gasteiger partial charge < -0.3 is 15.0 Å². The molecule has 0 bridgehead atoms. The van der Waals surface area contributed by atoms with Gasteiger partial charge in [0.05, 0.1) is 13.5 Å². The van der Waals surface area contributed by atoms with E-state index in [-0.39, 0.29) is 23.7 Å². The predicted octanol–water partition coefficient (Wildman–Crippen LogP) is 3.72. The van der Waals surface area contributed by atoms with Crippen molar-refractivity contribution >= 4 is 17.6 Å². The van der Waals surface area contributed by atoms with E-state index in [0.29, 0.717) is 25.4 Å². The Kier molecular flexibility index (Phi) is 8.74. The number of hydrogen-bond donors (Lipinski definition) is 1. The molecule has 2 fully saturated rings. The summed E-state index contributed by atoms with van der Waals surface area (Å²) in [5.41, 5.74) is 3.02. The van der Waals surface area contributed by atoms with Crippen molar-refractivity contribution < 1.29 is 18.7 Å². The maximum absolute atomic E-state index is 13.3. The Morgan fingerprint density at radius 3 is 2.49 bits per heavy atom. The molecule has 7 heteroatoms. The fourth-order valence-electron chi connectivity index (χ4n) is 5.35. The first-order valence-corrected chi connectivity index (χ1v) is 12.7. The minimum atomic E-state index is -0.255. The zero-order valence-corrected chi connectivity index (χ0v) is 20.5. The third-order valence-electron chi connectivity index (χ3n) is 7.24. The average molecular weight is 482 g/mol. The fraction of sp³-hybridized carbons (Fsp3) is 0.500. The highest BCUT2D eigenvalue weighted by Gasteiger charge is 2.35. The number of carbonyl (C=O) groups excluding carboxylic acids is 2. The topological polar surface area (TPSA) is 61.9 Å². The number of benzene rings is 2. The molecular formula is C28H36FN3O3. The molecule has 2 heterocycles. The Hall–Kier alpha value is -2.93. The van der Waals surface area contributed by atoms with Crippen LogP contribution in [0.5, 0.6) is 0 Å².